The Hall–Kier alpha value is -3.35. The summed E-state index contributed by atoms with van der Waals surface area (Å²) in [7, 11) is 0. The van der Waals surface area contributed by atoms with E-state index in [9.17, 15) is 20.0 Å². The fourth-order valence-corrected chi connectivity index (χ4v) is 2.69. The SMILES string of the molecule is CC(=O)O.O=C(N=Nc1c(O)[nH]c2ccc(I)cc12)c1ccccc1[N+](=O)[O-]. The first-order chi connectivity index (χ1) is 13.2. The van der Waals surface area contributed by atoms with E-state index in [0.717, 1.165) is 10.5 Å². The summed E-state index contributed by atoms with van der Waals surface area (Å²) < 4.78 is 0.917. The standard InChI is InChI=1S/C15H9IN4O4.C2H4O2/c16-8-5-6-11-10(7-8)13(15(22)17-11)18-19-14(21)9-3-1-2-4-12(9)20(23)24;1-2(3)4/h1-7,17,22H;1H3,(H,3,4). The summed E-state index contributed by atoms with van der Waals surface area (Å²) >= 11 is 2.11. The van der Waals surface area contributed by atoms with Crippen LogP contribution in [0.15, 0.2) is 52.7 Å². The number of carboxylic acids is 1. The van der Waals surface area contributed by atoms with Crippen molar-refractivity contribution in [3.05, 3.63) is 61.7 Å². The zero-order chi connectivity index (χ0) is 20.8. The van der Waals surface area contributed by atoms with Crippen molar-refractivity contribution in [2.24, 2.45) is 10.2 Å². The van der Waals surface area contributed by atoms with Gasteiger partial charge in [-0.3, -0.25) is 19.7 Å². The number of fused-ring (bicyclic) bond motifs is 1. The zero-order valence-electron chi connectivity index (χ0n) is 14.3. The molecule has 2 aromatic carbocycles. The molecule has 28 heavy (non-hydrogen) atoms. The van der Waals surface area contributed by atoms with Crippen molar-refractivity contribution < 1.29 is 24.7 Å². The highest BCUT2D eigenvalue weighted by molar-refractivity contribution is 14.1. The van der Waals surface area contributed by atoms with Gasteiger partial charge in [0.25, 0.3) is 11.7 Å². The molecule has 0 bridgehead atoms. The van der Waals surface area contributed by atoms with E-state index in [-0.39, 0.29) is 22.8 Å². The number of amides is 1. The summed E-state index contributed by atoms with van der Waals surface area (Å²) in [6.45, 7) is 1.08. The van der Waals surface area contributed by atoms with Crippen LogP contribution in [0.1, 0.15) is 17.3 Å². The van der Waals surface area contributed by atoms with E-state index >= 15 is 0 Å². The van der Waals surface area contributed by atoms with Crippen LogP contribution in [0.4, 0.5) is 11.4 Å². The molecular formula is C17H13IN4O6. The lowest BCUT2D eigenvalue weighted by atomic mass is 10.2. The Bertz CT molecular complexity index is 1090. The smallest absolute Gasteiger partial charge is 0.302 e. The molecular weight excluding hydrogens is 483 g/mol. The van der Waals surface area contributed by atoms with Gasteiger partial charge in [-0.25, -0.2) is 0 Å². The molecule has 11 heteroatoms. The van der Waals surface area contributed by atoms with Crippen LogP contribution in [0.25, 0.3) is 10.9 Å². The zero-order valence-corrected chi connectivity index (χ0v) is 16.4. The number of hydrogen-bond acceptors (Lipinski definition) is 6. The molecule has 0 aliphatic carbocycles. The Morgan fingerprint density at radius 2 is 1.86 bits per heavy atom. The molecule has 3 aromatic rings. The molecule has 0 fully saturated rings. The molecule has 0 aliphatic rings. The quantitative estimate of drug-likeness (QED) is 0.211. The Morgan fingerprint density at radius 3 is 2.50 bits per heavy atom. The van der Waals surface area contributed by atoms with E-state index in [1.807, 2.05) is 6.07 Å². The Morgan fingerprint density at radius 1 is 1.21 bits per heavy atom. The molecule has 3 rings (SSSR count). The van der Waals surface area contributed by atoms with E-state index < -0.39 is 16.8 Å². The molecule has 1 heterocycles. The monoisotopic (exact) mass is 496 g/mol. The average Bonchev–Trinajstić information content (AvgIpc) is 2.93. The van der Waals surface area contributed by atoms with Crippen LogP contribution in [0.3, 0.4) is 0 Å². The highest BCUT2D eigenvalue weighted by atomic mass is 127. The van der Waals surface area contributed by atoms with Crippen molar-refractivity contribution in [1.29, 1.82) is 0 Å². The Labute approximate surface area is 171 Å². The van der Waals surface area contributed by atoms with Crippen LogP contribution in [0.2, 0.25) is 0 Å². The first-order valence-electron chi connectivity index (χ1n) is 7.60. The minimum absolute atomic E-state index is 0.107. The van der Waals surface area contributed by atoms with Gasteiger partial charge in [0, 0.05) is 21.9 Å². The summed E-state index contributed by atoms with van der Waals surface area (Å²) in [6.07, 6.45) is 0. The van der Waals surface area contributed by atoms with Crippen molar-refractivity contribution in [2.45, 2.75) is 6.92 Å². The predicted molar refractivity (Wildman–Crippen MR) is 108 cm³/mol. The minimum atomic E-state index is -0.860. The molecule has 0 spiro atoms. The Balaban J connectivity index is 0.000000640. The fraction of sp³-hybridized carbons (Fsp3) is 0.0588. The molecule has 1 aromatic heterocycles. The molecule has 3 N–H and O–H groups in total. The molecule has 0 aliphatic heterocycles. The number of rotatable bonds is 3. The third kappa shape index (κ3) is 5.09. The van der Waals surface area contributed by atoms with E-state index in [0.29, 0.717) is 10.9 Å². The Kier molecular flexibility index (Phi) is 6.76. The number of carbonyl (C=O) groups excluding carboxylic acids is 1. The van der Waals surface area contributed by atoms with Crippen LogP contribution < -0.4 is 0 Å². The van der Waals surface area contributed by atoms with E-state index in [1.165, 1.54) is 24.3 Å². The summed E-state index contributed by atoms with van der Waals surface area (Å²) in [5, 5.41) is 36.2. The summed E-state index contributed by atoms with van der Waals surface area (Å²) in [5.41, 5.74) is 0.231. The molecule has 10 nitrogen and oxygen atoms in total. The first-order valence-corrected chi connectivity index (χ1v) is 8.67. The number of aliphatic carboxylic acids is 1. The average molecular weight is 496 g/mol. The van der Waals surface area contributed by atoms with Crippen molar-refractivity contribution >= 4 is 56.7 Å². The number of carbonyl (C=O) groups is 2. The van der Waals surface area contributed by atoms with Gasteiger partial charge in [-0.1, -0.05) is 12.1 Å². The van der Waals surface area contributed by atoms with Gasteiger partial charge >= 0.3 is 5.91 Å². The second-order valence-electron chi connectivity index (χ2n) is 5.31. The molecule has 0 saturated heterocycles. The number of hydrogen-bond donors (Lipinski definition) is 3. The van der Waals surface area contributed by atoms with E-state index in [1.54, 1.807) is 12.1 Å². The number of nitrogens with zero attached hydrogens (tertiary/aromatic N) is 3. The maximum atomic E-state index is 12.1. The number of azo groups is 1. The third-order valence-corrected chi connectivity index (χ3v) is 3.96. The minimum Gasteiger partial charge on any atom is -0.493 e. The van der Waals surface area contributed by atoms with Crippen LogP contribution in [-0.4, -0.2) is 32.0 Å². The highest BCUT2D eigenvalue weighted by Gasteiger charge is 2.19. The first kappa shape index (κ1) is 21.0. The van der Waals surface area contributed by atoms with Crippen LogP contribution in [0, 0.1) is 13.7 Å². The molecule has 144 valence electrons. The van der Waals surface area contributed by atoms with Crippen molar-refractivity contribution in [1.82, 2.24) is 4.98 Å². The van der Waals surface area contributed by atoms with Crippen molar-refractivity contribution in [3.63, 3.8) is 0 Å². The van der Waals surface area contributed by atoms with E-state index in [4.69, 9.17) is 9.90 Å². The van der Waals surface area contributed by atoms with Gasteiger partial charge in [-0.15, -0.1) is 10.2 Å². The van der Waals surface area contributed by atoms with Crippen LogP contribution >= 0.6 is 22.6 Å². The number of nitrogens with one attached hydrogen (secondary N) is 1. The number of para-hydroxylation sites is 1. The number of aromatic amines is 1. The van der Waals surface area contributed by atoms with Crippen LogP contribution in [0.5, 0.6) is 5.88 Å². The lowest BCUT2D eigenvalue weighted by molar-refractivity contribution is -0.385. The van der Waals surface area contributed by atoms with Gasteiger partial charge in [0.2, 0.25) is 5.88 Å². The number of benzene rings is 2. The van der Waals surface area contributed by atoms with Gasteiger partial charge in [-0.05, 0) is 46.9 Å². The summed E-state index contributed by atoms with van der Waals surface area (Å²) in [5.74, 6) is -1.92. The van der Waals surface area contributed by atoms with Gasteiger partial charge in [0.1, 0.15) is 5.56 Å². The number of halogens is 1. The van der Waals surface area contributed by atoms with Gasteiger partial charge in [-0.2, -0.15) is 0 Å². The maximum Gasteiger partial charge on any atom is 0.302 e. The predicted octanol–water partition coefficient (Wildman–Crippen LogP) is 4.40. The molecule has 0 radical (unpaired) electrons. The number of H-pyrrole nitrogens is 1. The fourth-order valence-electron chi connectivity index (χ4n) is 2.20. The molecule has 0 unspecified atom stereocenters. The largest absolute Gasteiger partial charge is 0.493 e. The number of carboxylic acid groups (broad SMARTS) is 1. The molecule has 0 saturated carbocycles. The second-order valence-corrected chi connectivity index (χ2v) is 6.56. The third-order valence-electron chi connectivity index (χ3n) is 3.29. The second kappa shape index (κ2) is 9.03. The summed E-state index contributed by atoms with van der Waals surface area (Å²) in [4.78, 5) is 34.1. The van der Waals surface area contributed by atoms with Crippen LogP contribution in [-0.2, 0) is 4.79 Å². The van der Waals surface area contributed by atoms with Crippen molar-refractivity contribution in [2.75, 3.05) is 0 Å². The topological polar surface area (TPSA) is 158 Å². The lowest BCUT2D eigenvalue weighted by Gasteiger charge is -1.97. The summed E-state index contributed by atoms with van der Waals surface area (Å²) in [6, 6.07) is 10.9. The van der Waals surface area contributed by atoms with E-state index in [2.05, 4.69) is 37.8 Å². The highest BCUT2D eigenvalue weighted by Crippen LogP contribution is 2.36. The maximum absolute atomic E-state index is 12.1. The van der Waals surface area contributed by atoms with Gasteiger partial charge in [0.05, 0.1) is 10.4 Å². The van der Waals surface area contributed by atoms with Gasteiger partial charge in [0.15, 0.2) is 5.69 Å². The molecule has 0 atom stereocenters. The number of nitro groups is 1. The number of aromatic nitrogens is 1. The lowest BCUT2D eigenvalue weighted by Crippen LogP contribution is -2.00. The van der Waals surface area contributed by atoms with Crippen molar-refractivity contribution in [3.8, 4) is 5.88 Å². The normalized spacial score (nSPS) is 10.5. The van der Waals surface area contributed by atoms with Gasteiger partial charge < -0.3 is 15.2 Å². The number of nitro benzene ring substituents is 1. The molecule has 1 amide bonds. The number of aromatic hydroxyl groups is 1.